The van der Waals surface area contributed by atoms with Gasteiger partial charge in [-0.15, -0.1) is 0 Å². The van der Waals surface area contributed by atoms with Gasteiger partial charge < -0.3 is 27.1 Å². The molecule has 4 aromatic carbocycles. The molecule has 6 nitrogen and oxygen atoms in total. The summed E-state index contributed by atoms with van der Waals surface area (Å²) in [7, 11) is -3.09. The van der Waals surface area contributed by atoms with Gasteiger partial charge in [0, 0.05) is 23.0 Å². The Bertz CT molecular complexity index is 1380. The number of aryl methyl sites for hydroxylation is 2. The van der Waals surface area contributed by atoms with Gasteiger partial charge in [-0.2, -0.15) is 0 Å². The topological polar surface area (TPSA) is 55.4 Å². The second-order valence-electron chi connectivity index (χ2n) is 11.6. The van der Waals surface area contributed by atoms with E-state index in [-0.39, 0.29) is 11.8 Å². The Kier molecular flexibility index (Phi) is 9.45. The molecule has 2 aliphatic heterocycles. The molecule has 0 saturated carbocycles. The first-order chi connectivity index (χ1) is 20.9. The molecular weight excluding hydrogens is 578 g/mol. The molecule has 0 aromatic heterocycles. The standard InChI is InChI=1S/C35H38O6P2/c1-25-15-17-33(31(19-25)27(3)29-11-7-5-8-12-29)40-42-36-21-35(22-37-42)23-38-43(39-24-35)41-34-18-16-26(2)20-32(34)28(4)30-13-9-6-10-14-30/h5-20,27-28H,21-24H2,1-4H3. The van der Waals surface area contributed by atoms with E-state index >= 15 is 0 Å². The maximum atomic E-state index is 6.32. The van der Waals surface area contributed by atoms with Crippen LogP contribution in [0.3, 0.4) is 0 Å². The van der Waals surface area contributed by atoms with E-state index in [0.29, 0.717) is 26.4 Å². The minimum absolute atomic E-state index is 0.173. The fourth-order valence-corrected chi connectivity index (χ4v) is 7.90. The SMILES string of the molecule is Cc1ccc(OP2OCC3(CO2)COP(Oc2ccc(C)cc2C(C)c2ccccc2)OC3)c(C(C)c2ccccc2)c1. The highest BCUT2D eigenvalue weighted by atomic mass is 31.2. The van der Waals surface area contributed by atoms with Crippen LogP contribution in [0.2, 0.25) is 0 Å². The molecule has 0 aliphatic carbocycles. The van der Waals surface area contributed by atoms with Crippen molar-refractivity contribution in [2.75, 3.05) is 26.4 Å². The molecule has 2 unspecified atom stereocenters. The molecule has 0 radical (unpaired) electrons. The van der Waals surface area contributed by atoms with E-state index in [1.165, 1.54) is 22.3 Å². The number of hydrogen-bond acceptors (Lipinski definition) is 6. The normalized spacial score (nSPS) is 23.4. The van der Waals surface area contributed by atoms with Crippen LogP contribution in [0.4, 0.5) is 0 Å². The molecule has 6 rings (SSSR count). The molecule has 2 atom stereocenters. The predicted octanol–water partition coefficient (Wildman–Crippen LogP) is 9.60. The third-order valence-corrected chi connectivity index (χ3v) is 10.2. The second kappa shape index (κ2) is 13.4. The molecule has 0 amide bonds. The van der Waals surface area contributed by atoms with Crippen molar-refractivity contribution in [3.63, 3.8) is 0 Å². The van der Waals surface area contributed by atoms with E-state index in [0.717, 1.165) is 22.6 Å². The fourth-order valence-electron chi connectivity index (χ4n) is 5.37. The highest BCUT2D eigenvalue weighted by molar-refractivity contribution is 7.42. The highest BCUT2D eigenvalue weighted by Gasteiger charge is 2.45. The van der Waals surface area contributed by atoms with Gasteiger partial charge in [0.25, 0.3) is 0 Å². The third kappa shape index (κ3) is 7.13. The van der Waals surface area contributed by atoms with Crippen molar-refractivity contribution in [3.05, 3.63) is 130 Å². The number of hydrogen-bond donors (Lipinski definition) is 0. The monoisotopic (exact) mass is 616 g/mol. The predicted molar refractivity (Wildman–Crippen MR) is 172 cm³/mol. The van der Waals surface area contributed by atoms with Crippen molar-refractivity contribution in [3.8, 4) is 11.5 Å². The van der Waals surface area contributed by atoms with Gasteiger partial charge in [0.1, 0.15) is 11.5 Å². The summed E-state index contributed by atoms with van der Waals surface area (Å²) in [5.74, 6) is 1.92. The zero-order chi connectivity index (χ0) is 29.8. The van der Waals surface area contributed by atoms with Crippen LogP contribution >= 0.6 is 17.2 Å². The summed E-state index contributed by atoms with van der Waals surface area (Å²) in [6.45, 7) is 10.3. The minimum atomic E-state index is -1.54. The molecule has 0 N–H and O–H groups in total. The van der Waals surface area contributed by atoms with Crippen molar-refractivity contribution in [1.29, 1.82) is 0 Å². The van der Waals surface area contributed by atoms with E-state index in [4.69, 9.17) is 27.1 Å². The summed E-state index contributed by atoms with van der Waals surface area (Å²) in [5.41, 5.74) is 6.67. The summed E-state index contributed by atoms with van der Waals surface area (Å²) in [5, 5.41) is 0. The molecule has 2 heterocycles. The van der Waals surface area contributed by atoms with Gasteiger partial charge in [-0.05, 0) is 37.1 Å². The smallest absolute Gasteiger partial charge is 0.397 e. The largest absolute Gasteiger partial charge is 0.426 e. The molecule has 2 saturated heterocycles. The maximum Gasteiger partial charge on any atom is 0.397 e. The van der Waals surface area contributed by atoms with Crippen LogP contribution in [0.5, 0.6) is 11.5 Å². The Morgan fingerprint density at radius 1 is 0.558 bits per heavy atom. The van der Waals surface area contributed by atoms with Gasteiger partial charge in [0.15, 0.2) is 0 Å². The molecule has 0 bridgehead atoms. The molecule has 2 aliphatic rings. The minimum Gasteiger partial charge on any atom is -0.426 e. The van der Waals surface area contributed by atoms with Crippen molar-refractivity contribution >= 4 is 17.2 Å². The Morgan fingerprint density at radius 2 is 0.930 bits per heavy atom. The zero-order valence-electron chi connectivity index (χ0n) is 25.1. The van der Waals surface area contributed by atoms with Gasteiger partial charge in [0.05, 0.1) is 31.8 Å². The van der Waals surface area contributed by atoms with Gasteiger partial charge in [0.2, 0.25) is 0 Å². The molecule has 43 heavy (non-hydrogen) atoms. The average Bonchev–Trinajstić information content (AvgIpc) is 3.05. The first kappa shape index (κ1) is 30.2. The molecule has 4 aromatic rings. The van der Waals surface area contributed by atoms with Crippen molar-refractivity contribution in [2.24, 2.45) is 5.41 Å². The Balaban J connectivity index is 1.06. The van der Waals surface area contributed by atoms with E-state index in [9.17, 15) is 0 Å². The van der Waals surface area contributed by atoms with Gasteiger partial charge >= 0.3 is 17.2 Å². The van der Waals surface area contributed by atoms with Crippen molar-refractivity contribution in [1.82, 2.24) is 0 Å². The molecular formula is C35H38O6P2. The summed E-state index contributed by atoms with van der Waals surface area (Å²) < 4.78 is 37.2. The Morgan fingerprint density at radius 3 is 1.30 bits per heavy atom. The molecule has 8 heteroatoms. The quantitative estimate of drug-likeness (QED) is 0.184. The lowest BCUT2D eigenvalue weighted by atomic mass is 9.91. The molecule has 1 spiro atoms. The van der Waals surface area contributed by atoms with Crippen LogP contribution in [0.25, 0.3) is 0 Å². The van der Waals surface area contributed by atoms with Crippen molar-refractivity contribution < 1.29 is 27.1 Å². The average molecular weight is 617 g/mol. The zero-order valence-corrected chi connectivity index (χ0v) is 26.9. The first-order valence-electron chi connectivity index (χ1n) is 14.7. The molecule has 224 valence electrons. The Hall–Kier alpha value is -2.82. The molecule has 2 fully saturated rings. The van der Waals surface area contributed by atoms with Crippen LogP contribution < -0.4 is 9.05 Å². The van der Waals surface area contributed by atoms with Gasteiger partial charge in [-0.25, -0.2) is 0 Å². The van der Waals surface area contributed by atoms with E-state index in [1.807, 2.05) is 24.3 Å². The summed E-state index contributed by atoms with van der Waals surface area (Å²) in [6.07, 6.45) is 0. The van der Waals surface area contributed by atoms with Crippen LogP contribution in [0, 0.1) is 19.3 Å². The fraction of sp³-hybridized carbons (Fsp3) is 0.314. The van der Waals surface area contributed by atoms with Crippen LogP contribution in [-0.2, 0) is 18.1 Å². The lowest BCUT2D eigenvalue weighted by Crippen LogP contribution is -2.45. The summed E-state index contributed by atoms with van der Waals surface area (Å²) in [4.78, 5) is 0. The lowest BCUT2D eigenvalue weighted by Gasteiger charge is -2.41. The van der Waals surface area contributed by atoms with E-state index in [2.05, 4.69) is 100 Å². The number of rotatable bonds is 8. The van der Waals surface area contributed by atoms with Crippen LogP contribution in [-0.4, -0.2) is 26.4 Å². The Labute approximate surface area is 257 Å². The highest BCUT2D eigenvalue weighted by Crippen LogP contribution is 2.54. The van der Waals surface area contributed by atoms with Crippen LogP contribution in [0.15, 0.2) is 97.1 Å². The van der Waals surface area contributed by atoms with Gasteiger partial charge in [-0.3, -0.25) is 0 Å². The first-order valence-corrected chi connectivity index (χ1v) is 16.9. The van der Waals surface area contributed by atoms with Gasteiger partial charge in [-0.1, -0.05) is 110 Å². The van der Waals surface area contributed by atoms with Crippen molar-refractivity contribution in [2.45, 2.75) is 39.5 Å². The lowest BCUT2D eigenvalue weighted by molar-refractivity contribution is -0.0673. The summed E-state index contributed by atoms with van der Waals surface area (Å²) in [6, 6.07) is 33.4. The summed E-state index contributed by atoms with van der Waals surface area (Å²) >= 11 is 0. The second-order valence-corrected chi connectivity index (χ2v) is 13.9. The number of benzene rings is 4. The third-order valence-electron chi connectivity index (χ3n) is 8.11. The maximum absolute atomic E-state index is 6.32. The van der Waals surface area contributed by atoms with E-state index < -0.39 is 22.6 Å². The van der Waals surface area contributed by atoms with Crippen LogP contribution in [0.1, 0.15) is 59.1 Å². The van der Waals surface area contributed by atoms with E-state index in [1.54, 1.807) is 0 Å².